The average Bonchev–Trinajstić information content (AvgIpc) is 3.28. The summed E-state index contributed by atoms with van der Waals surface area (Å²) in [6, 6.07) is 17.1. The van der Waals surface area contributed by atoms with Gasteiger partial charge in [-0.25, -0.2) is 15.0 Å². The van der Waals surface area contributed by atoms with E-state index in [1.165, 1.54) is 0 Å². The van der Waals surface area contributed by atoms with Gasteiger partial charge in [-0.3, -0.25) is 14.3 Å². The molecule has 1 aromatic carbocycles. The minimum atomic E-state index is -0.161. The molecule has 0 fully saturated rings. The third-order valence-electron chi connectivity index (χ3n) is 5.25. The highest BCUT2D eigenvalue weighted by molar-refractivity contribution is 6.07. The van der Waals surface area contributed by atoms with E-state index >= 15 is 0 Å². The SMILES string of the molecule is Cc1nccn1-c1cc(CNC(=O)c2cc(-c3cccnc3)nc3ccccc23)ccn1. The molecule has 0 aliphatic rings. The fourth-order valence-corrected chi connectivity index (χ4v) is 3.63. The number of hydrogen-bond acceptors (Lipinski definition) is 5. The Kier molecular flexibility index (Phi) is 5.13. The molecule has 7 heteroatoms. The van der Waals surface area contributed by atoms with Crippen LogP contribution in [0.2, 0.25) is 0 Å². The normalized spacial score (nSPS) is 10.9. The van der Waals surface area contributed by atoms with E-state index in [9.17, 15) is 4.79 Å². The molecule has 32 heavy (non-hydrogen) atoms. The highest BCUT2D eigenvalue weighted by Crippen LogP contribution is 2.24. The molecular weight excluding hydrogens is 400 g/mol. The molecule has 0 aliphatic heterocycles. The number of nitrogens with one attached hydrogen (secondary N) is 1. The first-order chi connectivity index (χ1) is 15.7. The highest BCUT2D eigenvalue weighted by Gasteiger charge is 2.14. The van der Waals surface area contributed by atoms with Gasteiger partial charge in [0, 0.05) is 48.5 Å². The molecule has 0 unspecified atom stereocenters. The van der Waals surface area contributed by atoms with Crippen LogP contribution in [-0.2, 0) is 6.54 Å². The van der Waals surface area contributed by atoms with Crippen LogP contribution in [0.1, 0.15) is 21.7 Å². The third kappa shape index (κ3) is 3.83. The van der Waals surface area contributed by atoms with Crippen molar-refractivity contribution in [2.45, 2.75) is 13.5 Å². The van der Waals surface area contributed by atoms with Crippen molar-refractivity contribution in [1.29, 1.82) is 0 Å². The van der Waals surface area contributed by atoms with Crippen molar-refractivity contribution >= 4 is 16.8 Å². The molecule has 0 radical (unpaired) electrons. The summed E-state index contributed by atoms with van der Waals surface area (Å²) in [5, 5.41) is 3.85. The topological polar surface area (TPSA) is 85.6 Å². The molecule has 0 spiro atoms. The minimum Gasteiger partial charge on any atom is -0.348 e. The van der Waals surface area contributed by atoms with Crippen molar-refractivity contribution in [3.8, 4) is 17.1 Å². The maximum absolute atomic E-state index is 13.2. The highest BCUT2D eigenvalue weighted by atomic mass is 16.1. The molecule has 0 bridgehead atoms. The van der Waals surface area contributed by atoms with Crippen molar-refractivity contribution < 1.29 is 4.79 Å². The number of imidazole rings is 1. The van der Waals surface area contributed by atoms with Gasteiger partial charge in [-0.2, -0.15) is 0 Å². The Balaban J connectivity index is 1.44. The first-order valence-corrected chi connectivity index (χ1v) is 10.2. The number of carbonyl (C=O) groups excluding carboxylic acids is 1. The lowest BCUT2D eigenvalue weighted by Crippen LogP contribution is -2.23. The number of pyridine rings is 3. The van der Waals surface area contributed by atoms with Crippen molar-refractivity contribution in [1.82, 2.24) is 29.8 Å². The number of rotatable bonds is 5. The number of amides is 1. The standard InChI is InChI=1S/C25H20N6O/c1-17-27-11-12-31(17)24-13-18(8-10-28-24)15-29-25(32)21-14-23(19-5-4-9-26-16-19)30-22-7-3-2-6-20(21)22/h2-14,16H,15H2,1H3,(H,29,32). The smallest absolute Gasteiger partial charge is 0.252 e. The number of fused-ring (bicyclic) bond motifs is 1. The fraction of sp³-hybridized carbons (Fsp3) is 0.0800. The molecule has 7 nitrogen and oxygen atoms in total. The average molecular weight is 420 g/mol. The number of aromatic nitrogens is 5. The quantitative estimate of drug-likeness (QED) is 0.462. The molecule has 5 aromatic rings. The van der Waals surface area contributed by atoms with Crippen LogP contribution in [0.4, 0.5) is 0 Å². The number of hydrogen-bond donors (Lipinski definition) is 1. The first kappa shape index (κ1) is 19.6. The van der Waals surface area contributed by atoms with Gasteiger partial charge in [0.05, 0.1) is 16.8 Å². The molecule has 0 saturated carbocycles. The van der Waals surface area contributed by atoms with E-state index in [0.717, 1.165) is 33.7 Å². The maximum atomic E-state index is 13.2. The summed E-state index contributed by atoms with van der Waals surface area (Å²) < 4.78 is 1.90. The Labute approximate surface area is 184 Å². The Morgan fingerprint density at radius 3 is 2.72 bits per heavy atom. The first-order valence-electron chi connectivity index (χ1n) is 10.2. The summed E-state index contributed by atoms with van der Waals surface area (Å²) in [6.45, 7) is 2.30. The monoisotopic (exact) mass is 420 g/mol. The van der Waals surface area contributed by atoms with E-state index in [-0.39, 0.29) is 5.91 Å². The Hall–Kier alpha value is -4.39. The van der Waals surface area contributed by atoms with Crippen LogP contribution in [-0.4, -0.2) is 30.4 Å². The van der Waals surface area contributed by atoms with Gasteiger partial charge in [-0.05, 0) is 48.9 Å². The van der Waals surface area contributed by atoms with Crippen LogP contribution in [0.3, 0.4) is 0 Å². The van der Waals surface area contributed by atoms with Crippen LogP contribution in [0, 0.1) is 6.92 Å². The summed E-state index contributed by atoms with van der Waals surface area (Å²) in [5.41, 5.74) is 3.86. The molecule has 1 amide bonds. The minimum absolute atomic E-state index is 0.161. The zero-order valence-corrected chi connectivity index (χ0v) is 17.4. The van der Waals surface area contributed by atoms with E-state index in [1.807, 2.05) is 72.3 Å². The van der Waals surface area contributed by atoms with Crippen molar-refractivity contribution in [3.05, 3.63) is 103 Å². The van der Waals surface area contributed by atoms with Gasteiger partial charge in [-0.15, -0.1) is 0 Å². The van der Waals surface area contributed by atoms with E-state index in [4.69, 9.17) is 4.98 Å². The molecule has 4 aromatic heterocycles. The number of para-hydroxylation sites is 1. The molecule has 0 saturated heterocycles. The number of nitrogens with zero attached hydrogens (tertiary/aromatic N) is 5. The van der Waals surface area contributed by atoms with Gasteiger partial charge < -0.3 is 5.32 Å². The van der Waals surface area contributed by atoms with Gasteiger partial charge in [0.2, 0.25) is 0 Å². The predicted octanol–water partition coefficient (Wildman–Crippen LogP) is 4.12. The van der Waals surface area contributed by atoms with Crippen LogP contribution in [0.25, 0.3) is 28.0 Å². The van der Waals surface area contributed by atoms with Gasteiger partial charge in [0.1, 0.15) is 11.6 Å². The molecule has 1 N–H and O–H groups in total. The Bertz CT molecular complexity index is 1410. The zero-order chi connectivity index (χ0) is 21.9. The number of benzene rings is 1. The second-order valence-electron chi connectivity index (χ2n) is 7.36. The molecule has 0 aliphatic carbocycles. The third-order valence-corrected chi connectivity index (χ3v) is 5.25. The van der Waals surface area contributed by atoms with Crippen LogP contribution in [0.15, 0.2) is 85.6 Å². The second kappa shape index (κ2) is 8.39. The largest absolute Gasteiger partial charge is 0.348 e. The Morgan fingerprint density at radius 2 is 1.91 bits per heavy atom. The van der Waals surface area contributed by atoms with Crippen LogP contribution >= 0.6 is 0 Å². The summed E-state index contributed by atoms with van der Waals surface area (Å²) >= 11 is 0. The molecule has 4 heterocycles. The summed E-state index contributed by atoms with van der Waals surface area (Å²) in [4.78, 5) is 30.7. The van der Waals surface area contributed by atoms with E-state index in [1.54, 1.807) is 24.8 Å². The van der Waals surface area contributed by atoms with Crippen LogP contribution in [0.5, 0.6) is 0 Å². The summed E-state index contributed by atoms with van der Waals surface area (Å²) in [6.07, 6.45) is 8.80. The Morgan fingerprint density at radius 1 is 1.00 bits per heavy atom. The number of carbonyl (C=O) groups is 1. The summed E-state index contributed by atoms with van der Waals surface area (Å²) in [5.74, 6) is 1.45. The molecular formula is C25H20N6O. The van der Waals surface area contributed by atoms with E-state index < -0.39 is 0 Å². The zero-order valence-electron chi connectivity index (χ0n) is 17.4. The van der Waals surface area contributed by atoms with Crippen LogP contribution < -0.4 is 5.32 Å². The van der Waals surface area contributed by atoms with Gasteiger partial charge in [0.25, 0.3) is 5.91 Å². The van der Waals surface area contributed by atoms with Crippen molar-refractivity contribution in [2.75, 3.05) is 0 Å². The lowest BCUT2D eigenvalue weighted by atomic mass is 10.0. The van der Waals surface area contributed by atoms with Crippen molar-refractivity contribution in [2.24, 2.45) is 0 Å². The van der Waals surface area contributed by atoms with Gasteiger partial charge >= 0.3 is 0 Å². The summed E-state index contributed by atoms with van der Waals surface area (Å²) in [7, 11) is 0. The number of aryl methyl sites for hydroxylation is 1. The lowest BCUT2D eigenvalue weighted by Gasteiger charge is -2.11. The lowest BCUT2D eigenvalue weighted by molar-refractivity contribution is 0.0952. The fourth-order valence-electron chi connectivity index (χ4n) is 3.63. The van der Waals surface area contributed by atoms with E-state index in [2.05, 4.69) is 20.3 Å². The maximum Gasteiger partial charge on any atom is 0.252 e. The molecule has 156 valence electrons. The van der Waals surface area contributed by atoms with E-state index in [0.29, 0.717) is 17.8 Å². The predicted molar refractivity (Wildman–Crippen MR) is 122 cm³/mol. The molecule has 5 rings (SSSR count). The van der Waals surface area contributed by atoms with Gasteiger partial charge in [0.15, 0.2) is 0 Å². The van der Waals surface area contributed by atoms with Crippen molar-refractivity contribution in [3.63, 3.8) is 0 Å². The second-order valence-corrected chi connectivity index (χ2v) is 7.36. The van der Waals surface area contributed by atoms with Gasteiger partial charge in [-0.1, -0.05) is 18.2 Å². The molecule has 0 atom stereocenters.